The van der Waals surface area contributed by atoms with Gasteiger partial charge in [-0.15, -0.1) is 0 Å². The number of hydrogen-bond donors (Lipinski definition) is 1. The van der Waals surface area contributed by atoms with E-state index in [9.17, 15) is 0 Å². The number of rotatable bonds is 9. The van der Waals surface area contributed by atoms with Crippen LogP contribution in [0.3, 0.4) is 0 Å². The first-order chi connectivity index (χ1) is 7.99. The lowest BCUT2D eigenvalue weighted by molar-refractivity contribution is 0.0236. The van der Waals surface area contributed by atoms with Crippen LogP contribution >= 0.6 is 0 Å². The highest BCUT2D eigenvalue weighted by Crippen LogP contribution is 2.15. The van der Waals surface area contributed by atoms with E-state index < -0.39 is 0 Å². The summed E-state index contributed by atoms with van der Waals surface area (Å²) < 4.78 is 16.4. The fourth-order valence-electron chi connectivity index (χ4n) is 1.23. The van der Waals surface area contributed by atoms with Crippen molar-refractivity contribution in [1.82, 2.24) is 0 Å². The topological polar surface area (TPSA) is 53.7 Å². The van der Waals surface area contributed by atoms with Gasteiger partial charge in [0.1, 0.15) is 5.60 Å². The number of allylic oxidation sites excluding steroid dienone is 1. The van der Waals surface area contributed by atoms with Gasteiger partial charge in [-0.3, -0.25) is 0 Å². The Morgan fingerprint density at radius 1 is 1.12 bits per heavy atom. The minimum atomic E-state index is -0.147. The van der Waals surface area contributed by atoms with Crippen molar-refractivity contribution in [2.45, 2.75) is 39.7 Å². The zero-order chi connectivity index (χ0) is 13.1. The van der Waals surface area contributed by atoms with Crippen molar-refractivity contribution in [2.24, 2.45) is 5.73 Å². The lowest BCUT2D eigenvalue weighted by atomic mass is 10.2. The molecular weight excluding hydrogens is 218 g/mol. The van der Waals surface area contributed by atoms with Gasteiger partial charge in [-0.25, -0.2) is 0 Å². The second-order valence-electron chi connectivity index (χ2n) is 4.73. The van der Waals surface area contributed by atoms with Crippen LogP contribution in [0.2, 0.25) is 0 Å². The molecule has 0 spiro atoms. The zero-order valence-electron chi connectivity index (χ0n) is 11.6. The molecule has 0 unspecified atom stereocenters. The normalized spacial score (nSPS) is 12.9. The molecule has 4 heteroatoms. The van der Waals surface area contributed by atoms with Crippen molar-refractivity contribution in [2.75, 3.05) is 33.0 Å². The quantitative estimate of drug-likeness (QED) is 0.502. The summed E-state index contributed by atoms with van der Waals surface area (Å²) in [6.07, 6.45) is 2.78. The molecule has 0 aromatic heterocycles. The van der Waals surface area contributed by atoms with Crippen LogP contribution in [-0.2, 0) is 14.2 Å². The van der Waals surface area contributed by atoms with E-state index in [1.54, 1.807) is 0 Å². The highest BCUT2D eigenvalue weighted by molar-refractivity contribution is 4.92. The lowest BCUT2D eigenvalue weighted by Crippen LogP contribution is -2.19. The maximum absolute atomic E-state index is 5.77. The van der Waals surface area contributed by atoms with E-state index in [-0.39, 0.29) is 7.03 Å². The Morgan fingerprint density at radius 2 is 1.71 bits per heavy atom. The first-order valence-electron chi connectivity index (χ1n) is 6.19. The van der Waals surface area contributed by atoms with Gasteiger partial charge in [-0.1, -0.05) is 0 Å². The highest BCUT2D eigenvalue weighted by atomic mass is 16.5. The zero-order valence-corrected chi connectivity index (χ0v) is 11.6. The van der Waals surface area contributed by atoms with E-state index in [1.165, 1.54) is 0 Å². The van der Waals surface area contributed by atoms with E-state index in [0.717, 1.165) is 12.2 Å². The molecule has 0 fully saturated rings. The second-order valence-corrected chi connectivity index (χ2v) is 4.73. The van der Waals surface area contributed by atoms with Gasteiger partial charge >= 0.3 is 0 Å². The standard InChI is InChI=1S/C13H27NO3.H2/c1-5-12(17-13(2,3)4)6-8-15-10-11-16-9-7-14;/h5H,6-11,14H2,1-4H3;1H/b12-5-;. The summed E-state index contributed by atoms with van der Waals surface area (Å²) >= 11 is 0. The van der Waals surface area contributed by atoms with Gasteiger partial charge in [-0.05, 0) is 33.8 Å². The second kappa shape index (κ2) is 9.45. The fraction of sp³-hybridized carbons (Fsp3) is 0.846. The first-order valence-corrected chi connectivity index (χ1v) is 6.19. The van der Waals surface area contributed by atoms with Crippen molar-refractivity contribution in [1.29, 1.82) is 0 Å². The maximum atomic E-state index is 5.77. The van der Waals surface area contributed by atoms with Crippen molar-refractivity contribution in [3.63, 3.8) is 0 Å². The Kier molecular flexibility index (Phi) is 9.13. The molecule has 0 aliphatic carbocycles. The predicted molar refractivity (Wildman–Crippen MR) is 72.0 cm³/mol. The smallest absolute Gasteiger partial charge is 0.100 e. The average molecular weight is 247 g/mol. The third-order valence-corrected chi connectivity index (χ3v) is 1.89. The molecule has 0 rings (SSSR count). The van der Waals surface area contributed by atoms with Gasteiger partial charge in [0.15, 0.2) is 0 Å². The summed E-state index contributed by atoms with van der Waals surface area (Å²) in [6, 6.07) is 0. The molecule has 104 valence electrons. The minimum absolute atomic E-state index is 0. The summed E-state index contributed by atoms with van der Waals surface area (Å²) in [7, 11) is 0. The van der Waals surface area contributed by atoms with E-state index in [1.807, 2.05) is 33.8 Å². The monoisotopic (exact) mass is 247 g/mol. The summed E-state index contributed by atoms with van der Waals surface area (Å²) in [5.74, 6) is 0.973. The van der Waals surface area contributed by atoms with E-state index in [2.05, 4.69) is 0 Å². The molecule has 2 N–H and O–H groups in total. The molecule has 0 aromatic carbocycles. The van der Waals surface area contributed by atoms with E-state index >= 15 is 0 Å². The van der Waals surface area contributed by atoms with Gasteiger partial charge in [0.25, 0.3) is 0 Å². The van der Waals surface area contributed by atoms with Crippen LogP contribution in [0.4, 0.5) is 0 Å². The third kappa shape index (κ3) is 11.7. The number of hydrogen-bond acceptors (Lipinski definition) is 4. The van der Waals surface area contributed by atoms with Crippen LogP contribution in [0.1, 0.15) is 35.5 Å². The van der Waals surface area contributed by atoms with Crippen LogP contribution in [-0.4, -0.2) is 38.6 Å². The number of ether oxygens (including phenoxy) is 3. The maximum Gasteiger partial charge on any atom is 0.100 e. The molecule has 17 heavy (non-hydrogen) atoms. The van der Waals surface area contributed by atoms with Crippen molar-refractivity contribution < 1.29 is 15.6 Å². The summed E-state index contributed by atoms with van der Waals surface area (Å²) in [4.78, 5) is 0. The molecular formula is C13H29NO3. The Labute approximate surface area is 107 Å². The molecule has 0 saturated carbocycles. The molecule has 0 heterocycles. The molecule has 0 aliphatic rings. The molecule has 4 nitrogen and oxygen atoms in total. The third-order valence-electron chi connectivity index (χ3n) is 1.89. The Bertz CT molecular complexity index is 215. The SMILES string of the molecule is C/C=C(/CCOCCOCCN)OC(C)(C)C.[HH]. The Balaban J connectivity index is 0. The van der Waals surface area contributed by atoms with Gasteiger partial charge in [0, 0.05) is 14.4 Å². The van der Waals surface area contributed by atoms with Crippen molar-refractivity contribution in [3.8, 4) is 0 Å². The summed E-state index contributed by atoms with van der Waals surface area (Å²) in [5.41, 5.74) is 5.15. The average Bonchev–Trinajstić information content (AvgIpc) is 2.24. The van der Waals surface area contributed by atoms with Crippen molar-refractivity contribution in [3.05, 3.63) is 11.8 Å². The van der Waals surface area contributed by atoms with Crippen LogP contribution in [0.25, 0.3) is 0 Å². The predicted octanol–water partition coefficient (Wildman–Crippen LogP) is 2.33. The first kappa shape index (κ1) is 16.4. The Hall–Kier alpha value is -0.580. The molecule has 0 bridgehead atoms. The largest absolute Gasteiger partial charge is 0.493 e. The van der Waals surface area contributed by atoms with Gasteiger partial charge in [0.2, 0.25) is 0 Å². The van der Waals surface area contributed by atoms with Gasteiger partial charge in [0.05, 0.1) is 32.2 Å². The summed E-state index contributed by atoms with van der Waals surface area (Å²) in [5, 5.41) is 0. The Morgan fingerprint density at radius 3 is 2.18 bits per heavy atom. The van der Waals surface area contributed by atoms with E-state index in [0.29, 0.717) is 33.0 Å². The molecule has 0 aliphatic heterocycles. The molecule has 0 aromatic rings. The lowest BCUT2D eigenvalue weighted by Gasteiger charge is -2.23. The highest BCUT2D eigenvalue weighted by Gasteiger charge is 2.12. The van der Waals surface area contributed by atoms with Crippen LogP contribution in [0.5, 0.6) is 0 Å². The molecule has 0 atom stereocenters. The molecule has 0 radical (unpaired) electrons. The fourth-order valence-corrected chi connectivity index (χ4v) is 1.23. The van der Waals surface area contributed by atoms with Gasteiger partial charge in [-0.2, -0.15) is 0 Å². The van der Waals surface area contributed by atoms with Crippen LogP contribution in [0, 0.1) is 0 Å². The van der Waals surface area contributed by atoms with Crippen LogP contribution < -0.4 is 5.73 Å². The molecule has 0 amide bonds. The van der Waals surface area contributed by atoms with Gasteiger partial charge < -0.3 is 19.9 Å². The summed E-state index contributed by atoms with van der Waals surface area (Å²) in [6.45, 7) is 11.1. The van der Waals surface area contributed by atoms with Crippen molar-refractivity contribution >= 4 is 0 Å². The van der Waals surface area contributed by atoms with Crippen LogP contribution in [0.15, 0.2) is 11.8 Å². The molecule has 0 saturated heterocycles. The minimum Gasteiger partial charge on any atom is -0.493 e. The number of nitrogens with two attached hydrogens (primary N) is 1. The van der Waals surface area contributed by atoms with E-state index in [4.69, 9.17) is 19.9 Å².